The average molecular weight is 227 g/mol. The first kappa shape index (κ1) is 13.9. The first-order valence-electron chi connectivity index (χ1n) is 6.67. The second-order valence-corrected chi connectivity index (χ2v) is 5.64. The fourth-order valence-corrected chi connectivity index (χ4v) is 2.88. The molecule has 0 radical (unpaired) electrons. The van der Waals surface area contributed by atoms with Crippen molar-refractivity contribution in [2.24, 2.45) is 11.7 Å². The number of hydrogen-bond donors (Lipinski definition) is 1. The van der Waals surface area contributed by atoms with E-state index in [0.717, 1.165) is 19.0 Å². The van der Waals surface area contributed by atoms with Crippen LogP contribution < -0.4 is 5.73 Å². The van der Waals surface area contributed by atoms with Crippen LogP contribution >= 0.6 is 0 Å². The Kier molecular flexibility index (Phi) is 5.73. The molecule has 3 atom stereocenters. The molecule has 0 aromatic heterocycles. The smallest absolute Gasteiger partial charge is 0.0194 e. The summed E-state index contributed by atoms with van der Waals surface area (Å²) in [6.45, 7) is 8.13. The van der Waals surface area contributed by atoms with Crippen molar-refractivity contribution in [3.8, 4) is 0 Å². The van der Waals surface area contributed by atoms with Crippen LogP contribution in [0.3, 0.4) is 0 Å². The molecule has 0 heterocycles. The summed E-state index contributed by atoms with van der Waals surface area (Å²) < 4.78 is 0. The highest BCUT2D eigenvalue weighted by Gasteiger charge is 2.25. The summed E-state index contributed by atoms with van der Waals surface area (Å²) in [5, 5.41) is 0. The molecule has 1 rings (SSSR count). The van der Waals surface area contributed by atoms with Gasteiger partial charge < -0.3 is 10.6 Å². The molecule has 0 bridgehead atoms. The highest BCUT2D eigenvalue weighted by molar-refractivity contribution is 4.81. The van der Waals surface area contributed by atoms with Gasteiger partial charge in [0.15, 0.2) is 0 Å². The van der Waals surface area contributed by atoms with Crippen LogP contribution in [0.25, 0.3) is 0 Å². The van der Waals surface area contributed by atoms with Crippen LogP contribution in [-0.4, -0.2) is 55.6 Å². The van der Waals surface area contributed by atoms with Gasteiger partial charge in [-0.15, -0.1) is 0 Å². The zero-order chi connectivity index (χ0) is 12.1. The normalized spacial score (nSPS) is 27.9. The van der Waals surface area contributed by atoms with E-state index in [2.05, 4.69) is 37.7 Å². The third-order valence-corrected chi connectivity index (χ3v) is 3.73. The van der Waals surface area contributed by atoms with Crippen LogP contribution in [-0.2, 0) is 0 Å². The Morgan fingerprint density at radius 3 is 2.44 bits per heavy atom. The highest BCUT2D eigenvalue weighted by Crippen LogP contribution is 2.25. The van der Waals surface area contributed by atoms with Gasteiger partial charge in [0.1, 0.15) is 0 Å². The molecule has 3 unspecified atom stereocenters. The zero-order valence-corrected chi connectivity index (χ0v) is 11.4. The Balaban J connectivity index is 2.36. The topological polar surface area (TPSA) is 32.5 Å². The first-order valence-corrected chi connectivity index (χ1v) is 6.67. The fraction of sp³-hybridized carbons (Fsp3) is 1.00. The van der Waals surface area contributed by atoms with E-state index in [4.69, 9.17) is 5.73 Å². The maximum absolute atomic E-state index is 5.97. The van der Waals surface area contributed by atoms with Crippen molar-refractivity contribution >= 4 is 0 Å². The third kappa shape index (κ3) is 4.40. The molecule has 1 saturated carbocycles. The van der Waals surface area contributed by atoms with Crippen molar-refractivity contribution in [1.29, 1.82) is 0 Å². The average Bonchev–Trinajstić information content (AvgIpc) is 2.59. The van der Waals surface area contributed by atoms with Crippen molar-refractivity contribution in [3.05, 3.63) is 0 Å². The molecule has 1 fully saturated rings. The maximum Gasteiger partial charge on any atom is 0.0194 e. The van der Waals surface area contributed by atoms with Gasteiger partial charge in [-0.05, 0) is 52.7 Å². The molecule has 96 valence electrons. The van der Waals surface area contributed by atoms with Gasteiger partial charge in [0.05, 0.1) is 0 Å². The van der Waals surface area contributed by atoms with Gasteiger partial charge in [0, 0.05) is 25.2 Å². The lowest BCUT2D eigenvalue weighted by molar-refractivity contribution is 0.157. The number of rotatable bonds is 6. The van der Waals surface area contributed by atoms with E-state index in [0.29, 0.717) is 12.1 Å². The molecule has 0 aliphatic heterocycles. The minimum atomic E-state index is 0.466. The predicted octanol–water partition coefficient (Wildman–Crippen LogP) is 1.39. The lowest BCUT2D eigenvalue weighted by Gasteiger charge is -2.32. The summed E-state index contributed by atoms with van der Waals surface area (Å²) in [5.41, 5.74) is 5.97. The number of nitrogens with zero attached hydrogens (tertiary/aromatic N) is 2. The molecule has 0 spiro atoms. The van der Waals surface area contributed by atoms with Gasteiger partial charge in [-0.25, -0.2) is 0 Å². The molecule has 1 aliphatic rings. The molecule has 0 aromatic carbocycles. The van der Waals surface area contributed by atoms with Crippen molar-refractivity contribution in [2.45, 2.75) is 45.2 Å². The first-order chi connectivity index (χ1) is 7.52. The van der Waals surface area contributed by atoms with Crippen molar-refractivity contribution in [2.75, 3.05) is 33.7 Å². The highest BCUT2D eigenvalue weighted by atomic mass is 15.2. The largest absolute Gasteiger partial charge is 0.328 e. The lowest BCUT2D eigenvalue weighted by Crippen LogP contribution is -2.42. The van der Waals surface area contributed by atoms with Gasteiger partial charge in [-0.3, -0.25) is 4.90 Å². The lowest BCUT2D eigenvalue weighted by atomic mass is 10.1. The van der Waals surface area contributed by atoms with Gasteiger partial charge in [0.25, 0.3) is 0 Å². The van der Waals surface area contributed by atoms with E-state index in [1.165, 1.54) is 25.8 Å². The Labute approximate surface area is 101 Å². The Morgan fingerprint density at radius 2 is 2.00 bits per heavy atom. The summed E-state index contributed by atoms with van der Waals surface area (Å²) in [6, 6.07) is 1.12. The second kappa shape index (κ2) is 6.58. The molecule has 0 saturated heterocycles. The van der Waals surface area contributed by atoms with Crippen LogP contribution in [0.2, 0.25) is 0 Å². The Hall–Kier alpha value is -0.120. The van der Waals surface area contributed by atoms with Gasteiger partial charge in [-0.2, -0.15) is 0 Å². The van der Waals surface area contributed by atoms with Gasteiger partial charge in [0.2, 0.25) is 0 Å². The van der Waals surface area contributed by atoms with E-state index in [1.807, 2.05) is 0 Å². The SMILES string of the molecule is CCN(CC1CCC(N)C1)C(C)CN(C)C. The molecule has 0 amide bonds. The van der Waals surface area contributed by atoms with E-state index < -0.39 is 0 Å². The molecule has 3 heteroatoms. The summed E-state index contributed by atoms with van der Waals surface area (Å²) >= 11 is 0. The minimum Gasteiger partial charge on any atom is -0.328 e. The Morgan fingerprint density at radius 1 is 1.31 bits per heavy atom. The van der Waals surface area contributed by atoms with Crippen LogP contribution in [0.15, 0.2) is 0 Å². The van der Waals surface area contributed by atoms with Crippen LogP contribution in [0.1, 0.15) is 33.1 Å². The summed E-state index contributed by atoms with van der Waals surface area (Å²) in [5.74, 6) is 0.833. The minimum absolute atomic E-state index is 0.466. The second-order valence-electron chi connectivity index (χ2n) is 5.64. The number of hydrogen-bond acceptors (Lipinski definition) is 3. The fourth-order valence-electron chi connectivity index (χ4n) is 2.88. The Bertz CT molecular complexity index is 194. The van der Waals surface area contributed by atoms with Crippen molar-refractivity contribution in [1.82, 2.24) is 9.80 Å². The van der Waals surface area contributed by atoms with Crippen LogP contribution in [0.4, 0.5) is 0 Å². The van der Waals surface area contributed by atoms with Crippen molar-refractivity contribution in [3.63, 3.8) is 0 Å². The standard InChI is InChI=1S/C13H29N3/c1-5-16(11(2)9-15(3)4)10-12-6-7-13(14)8-12/h11-13H,5-10,14H2,1-4H3. The van der Waals surface area contributed by atoms with E-state index in [-0.39, 0.29) is 0 Å². The third-order valence-electron chi connectivity index (χ3n) is 3.73. The summed E-state index contributed by atoms with van der Waals surface area (Å²) in [7, 11) is 4.30. The number of nitrogens with two attached hydrogens (primary N) is 1. The van der Waals surface area contributed by atoms with Crippen molar-refractivity contribution < 1.29 is 0 Å². The maximum atomic E-state index is 5.97. The molecule has 3 nitrogen and oxygen atoms in total. The molecular formula is C13H29N3. The van der Waals surface area contributed by atoms with E-state index >= 15 is 0 Å². The molecular weight excluding hydrogens is 198 g/mol. The molecule has 16 heavy (non-hydrogen) atoms. The summed E-state index contributed by atoms with van der Waals surface area (Å²) in [4.78, 5) is 4.87. The summed E-state index contributed by atoms with van der Waals surface area (Å²) in [6.07, 6.45) is 3.78. The van der Waals surface area contributed by atoms with Crippen LogP contribution in [0, 0.1) is 5.92 Å². The molecule has 0 aromatic rings. The van der Waals surface area contributed by atoms with E-state index in [1.54, 1.807) is 0 Å². The number of likely N-dealkylation sites (N-methyl/N-ethyl adjacent to an activating group) is 2. The zero-order valence-electron chi connectivity index (χ0n) is 11.4. The quantitative estimate of drug-likeness (QED) is 0.744. The monoisotopic (exact) mass is 227 g/mol. The van der Waals surface area contributed by atoms with E-state index in [9.17, 15) is 0 Å². The molecule has 2 N–H and O–H groups in total. The van der Waals surface area contributed by atoms with Crippen LogP contribution in [0.5, 0.6) is 0 Å². The van der Waals surface area contributed by atoms with Gasteiger partial charge in [-0.1, -0.05) is 6.92 Å². The predicted molar refractivity (Wildman–Crippen MR) is 70.6 cm³/mol. The molecule has 1 aliphatic carbocycles. The van der Waals surface area contributed by atoms with Gasteiger partial charge >= 0.3 is 0 Å².